The SMILES string of the molecule is Cc1nc(N2CC3CC(C3)C2)ncc1Cn1cc(C(=O)O)nn1. The molecule has 120 valence electrons. The fraction of sp³-hybridized carbons (Fsp3) is 0.533. The standard InChI is InChI=1S/C15H18N6O2/c1-9-12(7-21-8-13(14(22)23)18-19-21)4-16-15(17-9)20-5-10-2-11(3-10)6-20/h4,8,10-11H,2-3,5-7H2,1H3,(H,22,23). The lowest BCUT2D eigenvalue weighted by Gasteiger charge is -2.47. The maximum Gasteiger partial charge on any atom is 0.358 e. The Bertz CT molecular complexity index is 742. The normalized spacial score (nSPS) is 22.7. The predicted molar refractivity (Wildman–Crippen MR) is 81.3 cm³/mol. The minimum absolute atomic E-state index is 0.0623. The van der Waals surface area contributed by atoms with E-state index in [9.17, 15) is 4.79 Å². The number of aryl methyl sites for hydroxylation is 1. The van der Waals surface area contributed by atoms with Crippen molar-refractivity contribution in [2.45, 2.75) is 26.3 Å². The molecule has 5 rings (SSSR count). The molecule has 1 N–H and O–H groups in total. The highest BCUT2D eigenvalue weighted by Gasteiger charge is 2.37. The average Bonchev–Trinajstić information content (AvgIpc) is 2.97. The number of rotatable bonds is 4. The van der Waals surface area contributed by atoms with E-state index in [1.54, 1.807) is 6.20 Å². The monoisotopic (exact) mass is 314 g/mol. The number of carboxylic acids is 1. The van der Waals surface area contributed by atoms with Gasteiger partial charge in [0.1, 0.15) is 0 Å². The van der Waals surface area contributed by atoms with Gasteiger partial charge < -0.3 is 10.0 Å². The van der Waals surface area contributed by atoms with Gasteiger partial charge in [-0.3, -0.25) is 0 Å². The molecule has 8 heteroatoms. The number of carbonyl (C=O) groups is 1. The molecule has 2 aromatic rings. The predicted octanol–water partition coefficient (Wildman–Crippen LogP) is 0.969. The highest BCUT2D eigenvalue weighted by Crippen LogP contribution is 2.40. The van der Waals surface area contributed by atoms with Crippen LogP contribution in [0, 0.1) is 18.8 Å². The Balaban J connectivity index is 1.50. The van der Waals surface area contributed by atoms with E-state index >= 15 is 0 Å². The van der Waals surface area contributed by atoms with Crippen LogP contribution in [0.25, 0.3) is 0 Å². The van der Waals surface area contributed by atoms with E-state index in [2.05, 4.69) is 25.2 Å². The smallest absolute Gasteiger partial charge is 0.358 e. The van der Waals surface area contributed by atoms with Crippen molar-refractivity contribution in [2.75, 3.05) is 18.0 Å². The van der Waals surface area contributed by atoms with Crippen LogP contribution in [0.15, 0.2) is 12.4 Å². The third kappa shape index (κ3) is 2.64. The number of nitrogens with zero attached hydrogens (tertiary/aromatic N) is 6. The highest BCUT2D eigenvalue weighted by atomic mass is 16.4. The van der Waals surface area contributed by atoms with Gasteiger partial charge in [-0.25, -0.2) is 19.4 Å². The van der Waals surface area contributed by atoms with Crippen molar-refractivity contribution < 1.29 is 9.90 Å². The van der Waals surface area contributed by atoms with Crippen molar-refractivity contribution in [3.05, 3.63) is 29.3 Å². The molecule has 0 radical (unpaired) electrons. The minimum atomic E-state index is -1.08. The van der Waals surface area contributed by atoms with Crippen LogP contribution in [-0.4, -0.2) is 49.1 Å². The second-order valence-electron chi connectivity index (χ2n) is 6.50. The molecule has 2 aliphatic heterocycles. The Labute approximate surface area is 133 Å². The summed E-state index contributed by atoms with van der Waals surface area (Å²) in [5.74, 6) is 1.33. The van der Waals surface area contributed by atoms with E-state index in [1.165, 1.54) is 23.7 Å². The summed E-state index contributed by atoms with van der Waals surface area (Å²) in [5.41, 5.74) is 1.74. The van der Waals surface area contributed by atoms with Gasteiger partial charge in [0, 0.05) is 30.5 Å². The van der Waals surface area contributed by atoms with Crippen LogP contribution >= 0.6 is 0 Å². The molecule has 3 aliphatic rings. The molecule has 0 amide bonds. The molecule has 1 aliphatic carbocycles. The number of fused-ring (bicyclic) bond motifs is 2. The van der Waals surface area contributed by atoms with Gasteiger partial charge in [0.15, 0.2) is 5.69 Å². The third-order valence-corrected chi connectivity index (χ3v) is 4.73. The first-order valence-corrected chi connectivity index (χ1v) is 7.79. The van der Waals surface area contributed by atoms with Gasteiger partial charge in [-0.2, -0.15) is 0 Å². The lowest BCUT2D eigenvalue weighted by atomic mass is 9.71. The van der Waals surface area contributed by atoms with Gasteiger partial charge in [0.05, 0.1) is 12.7 Å². The second-order valence-corrected chi connectivity index (χ2v) is 6.50. The summed E-state index contributed by atoms with van der Waals surface area (Å²) >= 11 is 0. The first-order chi connectivity index (χ1) is 11.1. The highest BCUT2D eigenvalue weighted by molar-refractivity contribution is 5.84. The molecule has 2 aromatic heterocycles. The van der Waals surface area contributed by atoms with Crippen molar-refractivity contribution in [3.63, 3.8) is 0 Å². The van der Waals surface area contributed by atoms with Gasteiger partial charge in [-0.15, -0.1) is 5.10 Å². The lowest BCUT2D eigenvalue weighted by Crippen LogP contribution is -2.49. The quantitative estimate of drug-likeness (QED) is 0.898. The molecule has 1 saturated carbocycles. The van der Waals surface area contributed by atoms with E-state index < -0.39 is 5.97 Å². The Morgan fingerprint density at radius 3 is 2.70 bits per heavy atom. The van der Waals surface area contributed by atoms with Gasteiger partial charge in [0.2, 0.25) is 5.95 Å². The van der Waals surface area contributed by atoms with Crippen LogP contribution in [0.4, 0.5) is 5.95 Å². The third-order valence-electron chi connectivity index (χ3n) is 4.73. The van der Waals surface area contributed by atoms with Crippen molar-refractivity contribution in [2.24, 2.45) is 11.8 Å². The summed E-state index contributed by atoms with van der Waals surface area (Å²) in [7, 11) is 0. The Morgan fingerprint density at radius 2 is 2.09 bits per heavy atom. The fourth-order valence-corrected chi connectivity index (χ4v) is 3.47. The number of aromatic nitrogens is 5. The van der Waals surface area contributed by atoms with Gasteiger partial charge in [-0.05, 0) is 31.6 Å². The van der Waals surface area contributed by atoms with E-state index in [1.807, 2.05) is 6.92 Å². The maximum atomic E-state index is 10.8. The Hall–Kier alpha value is -2.51. The molecule has 0 spiro atoms. The fourth-order valence-electron chi connectivity index (χ4n) is 3.47. The van der Waals surface area contributed by atoms with Crippen molar-refractivity contribution in [3.8, 4) is 0 Å². The zero-order chi connectivity index (χ0) is 16.0. The molecule has 3 fully saturated rings. The number of aromatic carboxylic acids is 1. The molecule has 2 saturated heterocycles. The van der Waals surface area contributed by atoms with Gasteiger partial charge >= 0.3 is 5.97 Å². The topological polar surface area (TPSA) is 97.0 Å². The van der Waals surface area contributed by atoms with E-state index in [4.69, 9.17) is 5.11 Å². The van der Waals surface area contributed by atoms with Crippen molar-refractivity contribution >= 4 is 11.9 Å². The molecule has 4 heterocycles. The van der Waals surface area contributed by atoms with Crippen LogP contribution in [0.2, 0.25) is 0 Å². The number of hydrogen-bond donors (Lipinski definition) is 1. The molecule has 2 bridgehead atoms. The van der Waals surface area contributed by atoms with Crippen molar-refractivity contribution in [1.29, 1.82) is 0 Å². The zero-order valence-electron chi connectivity index (χ0n) is 12.9. The first-order valence-electron chi connectivity index (χ1n) is 7.79. The van der Waals surface area contributed by atoms with Crippen molar-refractivity contribution in [1.82, 2.24) is 25.0 Å². The van der Waals surface area contributed by atoms with Crippen LogP contribution in [0.3, 0.4) is 0 Å². The second kappa shape index (κ2) is 5.29. The molecular formula is C15H18N6O2. The summed E-state index contributed by atoms with van der Waals surface area (Å²) in [4.78, 5) is 22.2. The molecule has 8 nitrogen and oxygen atoms in total. The summed E-state index contributed by atoms with van der Waals surface area (Å²) in [5, 5.41) is 16.3. The summed E-state index contributed by atoms with van der Waals surface area (Å²) in [6, 6.07) is 0. The first kappa shape index (κ1) is 14.1. The molecular weight excluding hydrogens is 296 g/mol. The van der Waals surface area contributed by atoms with E-state index in [0.717, 1.165) is 42.1 Å². The lowest BCUT2D eigenvalue weighted by molar-refractivity contribution is 0.0690. The van der Waals surface area contributed by atoms with Crippen LogP contribution in [-0.2, 0) is 6.54 Å². The zero-order valence-corrected chi connectivity index (χ0v) is 12.9. The molecule has 23 heavy (non-hydrogen) atoms. The number of piperidine rings is 2. The van der Waals surface area contributed by atoms with E-state index in [-0.39, 0.29) is 5.69 Å². The molecule has 0 unspecified atom stereocenters. The molecule has 0 atom stereocenters. The van der Waals surface area contributed by atoms with Gasteiger partial charge in [0.25, 0.3) is 0 Å². The summed E-state index contributed by atoms with van der Waals surface area (Å²) in [6.07, 6.45) is 5.92. The number of anilines is 1. The Morgan fingerprint density at radius 1 is 1.35 bits per heavy atom. The molecule has 0 aromatic carbocycles. The summed E-state index contributed by atoms with van der Waals surface area (Å²) in [6.45, 7) is 4.47. The largest absolute Gasteiger partial charge is 0.476 e. The van der Waals surface area contributed by atoms with E-state index in [0.29, 0.717) is 6.54 Å². The maximum absolute atomic E-state index is 10.8. The average molecular weight is 314 g/mol. The van der Waals surface area contributed by atoms with Gasteiger partial charge in [-0.1, -0.05) is 5.21 Å². The van der Waals surface area contributed by atoms with Crippen LogP contribution in [0.5, 0.6) is 0 Å². The number of carboxylic acid groups (broad SMARTS) is 1. The van der Waals surface area contributed by atoms with Crippen LogP contribution in [0.1, 0.15) is 34.6 Å². The summed E-state index contributed by atoms with van der Waals surface area (Å²) < 4.78 is 1.49. The van der Waals surface area contributed by atoms with Crippen LogP contribution < -0.4 is 4.90 Å². The number of hydrogen-bond acceptors (Lipinski definition) is 6. The Kier molecular flexibility index (Phi) is 3.24. The minimum Gasteiger partial charge on any atom is -0.476 e.